The fourth-order valence-corrected chi connectivity index (χ4v) is 2.07. The largest absolute Gasteiger partial charge is 0.393 e. The third kappa shape index (κ3) is 5.04. The molecule has 0 aromatic carbocycles. The predicted octanol–water partition coefficient (Wildman–Crippen LogP) is 0.994. The molecule has 1 amide bonds. The maximum absolute atomic E-state index is 11.9. The van der Waals surface area contributed by atoms with Crippen molar-refractivity contribution in [3.63, 3.8) is 0 Å². The summed E-state index contributed by atoms with van der Waals surface area (Å²) < 4.78 is 0. The lowest BCUT2D eigenvalue weighted by atomic mass is 10.1. The standard InChI is InChI=1S/C13H26N2O2/c1-10(2)4-7-14-13(17)11(3)15-8-5-12(16)6-9-15/h10-12,16H,4-9H2,1-3H3,(H,14,17). The van der Waals surface area contributed by atoms with Gasteiger partial charge in [0.1, 0.15) is 0 Å². The number of aliphatic hydroxyl groups is 1. The van der Waals surface area contributed by atoms with E-state index in [-0.39, 0.29) is 18.1 Å². The summed E-state index contributed by atoms with van der Waals surface area (Å²) in [5.41, 5.74) is 0. The van der Waals surface area contributed by atoms with Crippen molar-refractivity contribution >= 4 is 5.91 Å². The van der Waals surface area contributed by atoms with Crippen LogP contribution in [0, 0.1) is 5.92 Å². The molecule has 0 bridgehead atoms. The monoisotopic (exact) mass is 242 g/mol. The molecule has 0 spiro atoms. The molecule has 1 fully saturated rings. The summed E-state index contributed by atoms with van der Waals surface area (Å²) in [4.78, 5) is 14.0. The first-order valence-corrected chi connectivity index (χ1v) is 6.70. The summed E-state index contributed by atoms with van der Waals surface area (Å²) in [6.45, 7) is 8.66. The zero-order chi connectivity index (χ0) is 12.8. The van der Waals surface area contributed by atoms with Crippen LogP contribution in [0.1, 0.15) is 40.0 Å². The molecule has 1 atom stereocenters. The Balaban J connectivity index is 2.26. The maximum atomic E-state index is 11.9. The second-order valence-corrected chi connectivity index (χ2v) is 5.42. The van der Waals surface area contributed by atoms with Gasteiger partial charge in [0.05, 0.1) is 12.1 Å². The molecule has 0 saturated carbocycles. The molecular formula is C13H26N2O2. The first kappa shape index (κ1) is 14.5. The number of aliphatic hydroxyl groups excluding tert-OH is 1. The van der Waals surface area contributed by atoms with Gasteiger partial charge in [-0.1, -0.05) is 13.8 Å². The quantitative estimate of drug-likeness (QED) is 0.756. The number of nitrogens with zero attached hydrogens (tertiary/aromatic N) is 1. The van der Waals surface area contributed by atoms with Crippen molar-refractivity contribution in [2.45, 2.75) is 52.2 Å². The third-order valence-corrected chi connectivity index (χ3v) is 3.45. The number of amides is 1. The van der Waals surface area contributed by atoms with Crippen molar-refractivity contribution in [1.29, 1.82) is 0 Å². The smallest absolute Gasteiger partial charge is 0.237 e. The van der Waals surface area contributed by atoms with Gasteiger partial charge in [-0.15, -0.1) is 0 Å². The highest BCUT2D eigenvalue weighted by Crippen LogP contribution is 2.12. The molecule has 1 rings (SSSR count). The van der Waals surface area contributed by atoms with E-state index in [1.54, 1.807) is 0 Å². The molecule has 100 valence electrons. The lowest BCUT2D eigenvalue weighted by Crippen LogP contribution is -2.49. The van der Waals surface area contributed by atoms with Crippen LogP contribution >= 0.6 is 0 Å². The van der Waals surface area contributed by atoms with Crippen LogP contribution in [0.2, 0.25) is 0 Å². The Morgan fingerprint density at radius 3 is 2.47 bits per heavy atom. The number of likely N-dealkylation sites (tertiary alicyclic amines) is 1. The van der Waals surface area contributed by atoms with Crippen molar-refractivity contribution in [3.8, 4) is 0 Å². The van der Waals surface area contributed by atoms with Crippen molar-refractivity contribution in [1.82, 2.24) is 10.2 Å². The van der Waals surface area contributed by atoms with Crippen LogP contribution in [0.25, 0.3) is 0 Å². The summed E-state index contributed by atoms with van der Waals surface area (Å²) in [6, 6.07) is -0.0744. The van der Waals surface area contributed by atoms with Crippen LogP contribution in [-0.4, -0.2) is 47.7 Å². The second kappa shape index (κ2) is 6.97. The van der Waals surface area contributed by atoms with E-state index < -0.39 is 0 Å². The maximum Gasteiger partial charge on any atom is 0.237 e. The number of carbonyl (C=O) groups is 1. The molecule has 17 heavy (non-hydrogen) atoms. The lowest BCUT2D eigenvalue weighted by Gasteiger charge is -2.33. The predicted molar refractivity (Wildman–Crippen MR) is 68.7 cm³/mol. The highest BCUT2D eigenvalue weighted by atomic mass is 16.3. The van der Waals surface area contributed by atoms with Gasteiger partial charge in [0.25, 0.3) is 0 Å². The minimum absolute atomic E-state index is 0.0744. The normalized spacial score (nSPS) is 20.5. The van der Waals surface area contributed by atoms with Gasteiger partial charge < -0.3 is 10.4 Å². The first-order chi connectivity index (χ1) is 8.00. The molecule has 1 aliphatic rings. The van der Waals surface area contributed by atoms with Gasteiger partial charge in [-0.2, -0.15) is 0 Å². The summed E-state index contributed by atoms with van der Waals surface area (Å²) >= 11 is 0. The molecule has 0 radical (unpaired) electrons. The number of hydrogen-bond acceptors (Lipinski definition) is 3. The molecule has 4 nitrogen and oxygen atoms in total. The van der Waals surface area contributed by atoms with Gasteiger partial charge in [-0.25, -0.2) is 0 Å². The first-order valence-electron chi connectivity index (χ1n) is 6.70. The number of carbonyl (C=O) groups excluding carboxylic acids is 1. The number of rotatable bonds is 5. The van der Waals surface area contributed by atoms with E-state index in [2.05, 4.69) is 24.1 Å². The van der Waals surface area contributed by atoms with Crippen LogP contribution < -0.4 is 5.32 Å². The summed E-state index contributed by atoms with van der Waals surface area (Å²) in [6.07, 6.45) is 2.41. The van der Waals surface area contributed by atoms with E-state index in [1.807, 2.05) is 6.92 Å². The van der Waals surface area contributed by atoms with E-state index in [9.17, 15) is 9.90 Å². The fourth-order valence-electron chi connectivity index (χ4n) is 2.07. The molecule has 0 aliphatic carbocycles. The molecule has 1 unspecified atom stereocenters. The van der Waals surface area contributed by atoms with Gasteiger partial charge >= 0.3 is 0 Å². The molecule has 2 N–H and O–H groups in total. The Labute approximate surface area is 104 Å². The highest BCUT2D eigenvalue weighted by molar-refractivity contribution is 5.81. The zero-order valence-electron chi connectivity index (χ0n) is 11.3. The van der Waals surface area contributed by atoms with Crippen molar-refractivity contribution in [3.05, 3.63) is 0 Å². The summed E-state index contributed by atoms with van der Waals surface area (Å²) in [7, 11) is 0. The highest BCUT2D eigenvalue weighted by Gasteiger charge is 2.25. The zero-order valence-corrected chi connectivity index (χ0v) is 11.3. The van der Waals surface area contributed by atoms with Crippen LogP contribution in [0.4, 0.5) is 0 Å². The Bertz CT molecular complexity index is 236. The molecule has 1 saturated heterocycles. The van der Waals surface area contributed by atoms with Gasteiger partial charge in [-0.05, 0) is 32.1 Å². The Hall–Kier alpha value is -0.610. The Morgan fingerprint density at radius 1 is 1.35 bits per heavy atom. The lowest BCUT2D eigenvalue weighted by molar-refractivity contribution is -0.126. The molecule has 1 heterocycles. The van der Waals surface area contributed by atoms with Crippen LogP contribution in [-0.2, 0) is 4.79 Å². The van der Waals surface area contributed by atoms with Crippen molar-refractivity contribution in [2.75, 3.05) is 19.6 Å². The Morgan fingerprint density at radius 2 is 1.94 bits per heavy atom. The minimum atomic E-state index is -0.178. The summed E-state index contributed by atoms with van der Waals surface area (Å²) in [5.74, 6) is 0.734. The van der Waals surface area contributed by atoms with E-state index >= 15 is 0 Å². The minimum Gasteiger partial charge on any atom is -0.393 e. The van der Waals surface area contributed by atoms with Crippen LogP contribution in [0.5, 0.6) is 0 Å². The number of nitrogens with one attached hydrogen (secondary N) is 1. The van der Waals surface area contributed by atoms with Crippen LogP contribution in [0.3, 0.4) is 0 Å². The van der Waals surface area contributed by atoms with Crippen LogP contribution in [0.15, 0.2) is 0 Å². The van der Waals surface area contributed by atoms with Gasteiger partial charge in [-0.3, -0.25) is 9.69 Å². The van der Waals surface area contributed by atoms with Crippen molar-refractivity contribution < 1.29 is 9.90 Å². The second-order valence-electron chi connectivity index (χ2n) is 5.42. The Kier molecular flexibility index (Phi) is 5.92. The van der Waals surface area contributed by atoms with E-state index in [0.717, 1.165) is 38.9 Å². The molecule has 0 aromatic heterocycles. The molecule has 0 aromatic rings. The van der Waals surface area contributed by atoms with Crippen molar-refractivity contribution in [2.24, 2.45) is 5.92 Å². The molecule has 1 aliphatic heterocycles. The SMILES string of the molecule is CC(C)CCNC(=O)C(C)N1CCC(O)CC1. The number of piperidine rings is 1. The topological polar surface area (TPSA) is 52.6 Å². The molecular weight excluding hydrogens is 216 g/mol. The third-order valence-electron chi connectivity index (χ3n) is 3.45. The van der Waals surface area contributed by atoms with Gasteiger partial charge in [0.2, 0.25) is 5.91 Å². The van der Waals surface area contributed by atoms with Gasteiger partial charge in [0, 0.05) is 19.6 Å². The van der Waals surface area contributed by atoms with E-state index in [4.69, 9.17) is 0 Å². The summed E-state index contributed by atoms with van der Waals surface area (Å²) in [5, 5.41) is 12.4. The van der Waals surface area contributed by atoms with E-state index in [1.165, 1.54) is 0 Å². The average Bonchev–Trinajstić information content (AvgIpc) is 2.28. The van der Waals surface area contributed by atoms with Gasteiger partial charge in [0.15, 0.2) is 0 Å². The number of hydrogen-bond donors (Lipinski definition) is 2. The molecule has 4 heteroatoms. The van der Waals surface area contributed by atoms with E-state index in [0.29, 0.717) is 5.92 Å². The average molecular weight is 242 g/mol. The fraction of sp³-hybridized carbons (Fsp3) is 0.923.